The predicted octanol–water partition coefficient (Wildman–Crippen LogP) is 5.60. The van der Waals surface area contributed by atoms with Gasteiger partial charge in [0.25, 0.3) is 0 Å². The van der Waals surface area contributed by atoms with Crippen LogP contribution in [0, 0.1) is 0 Å². The van der Waals surface area contributed by atoms with Gasteiger partial charge >= 0.3 is 5.97 Å². The molecule has 0 amide bonds. The average molecular weight is 363 g/mol. The third kappa shape index (κ3) is 7.36. The van der Waals surface area contributed by atoms with Crippen molar-refractivity contribution in [3.63, 3.8) is 0 Å². The first kappa shape index (κ1) is 20.8. The zero-order valence-electron chi connectivity index (χ0n) is 16.4. The lowest BCUT2D eigenvalue weighted by atomic mass is 9.97. The van der Waals surface area contributed by atoms with E-state index in [1.807, 2.05) is 12.1 Å². The number of benzene rings is 1. The molecule has 4 nitrogen and oxygen atoms in total. The lowest BCUT2D eigenvalue weighted by Crippen LogP contribution is -2.25. The summed E-state index contributed by atoms with van der Waals surface area (Å²) in [6, 6.07) is 8.21. The fourth-order valence-corrected chi connectivity index (χ4v) is 3.44. The Labute approximate surface area is 158 Å². The SMILES string of the molecule is CCCCCCCCOc1cccc([C@H]2CCC[C@@H](CC(=O)OC)O2)c1. The quantitative estimate of drug-likeness (QED) is 0.380. The zero-order valence-corrected chi connectivity index (χ0v) is 16.4. The molecule has 1 aromatic rings. The van der Waals surface area contributed by atoms with Crippen molar-refractivity contribution in [1.82, 2.24) is 0 Å². The molecule has 4 heteroatoms. The molecule has 1 saturated heterocycles. The Morgan fingerprint density at radius 2 is 1.96 bits per heavy atom. The van der Waals surface area contributed by atoms with Crippen molar-refractivity contribution in [3.05, 3.63) is 29.8 Å². The minimum atomic E-state index is -0.202. The summed E-state index contributed by atoms with van der Waals surface area (Å²) in [5.41, 5.74) is 1.14. The van der Waals surface area contributed by atoms with E-state index < -0.39 is 0 Å². The molecule has 0 aromatic heterocycles. The van der Waals surface area contributed by atoms with Gasteiger partial charge in [-0.05, 0) is 43.4 Å². The Balaban J connectivity index is 1.77. The molecule has 1 aliphatic rings. The van der Waals surface area contributed by atoms with Gasteiger partial charge in [0, 0.05) is 0 Å². The van der Waals surface area contributed by atoms with Crippen molar-refractivity contribution in [2.45, 2.75) is 83.3 Å². The predicted molar refractivity (Wildman–Crippen MR) is 103 cm³/mol. The van der Waals surface area contributed by atoms with Gasteiger partial charge in [0.05, 0.1) is 32.3 Å². The van der Waals surface area contributed by atoms with Crippen LogP contribution >= 0.6 is 0 Å². The van der Waals surface area contributed by atoms with Crippen LogP contribution in [0.4, 0.5) is 0 Å². The molecule has 1 fully saturated rings. The van der Waals surface area contributed by atoms with E-state index in [9.17, 15) is 4.79 Å². The van der Waals surface area contributed by atoms with Crippen molar-refractivity contribution in [1.29, 1.82) is 0 Å². The molecule has 0 unspecified atom stereocenters. The Kier molecular flexibility index (Phi) is 9.54. The van der Waals surface area contributed by atoms with Gasteiger partial charge in [-0.1, -0.05) is 51.2 Å². The summed E-state index contributed by atoms with van der Waals surface area (Å²) in [6.07, 6.45) is 10.9. The first-order valence-electron chi connectivity index (χ1n) is 10.2. The number of unbranched alkanes of at least 4 members (excludes halogenated alkanes) is 5. The zero-order chi connectivity index (χ0) is 18.6. The average Bonchev–Trinajstić information content (AvgIpc) is 2.67. The van der Waals surface area contributed by atoms with Crippen molar-refractivity contribution < 1.29 is 19.0 Å². The first-order valence-corrected chi connectivity index (χ1v) is 10.2. The lowest BCUT2D eigenvalue weighted by molar-refractivity contribution is -0.147. The van der Waals surface area contributed by atoms with Crippen LogP contribution in [0.15, 0.2) is 24.3 Å². The Bertz CT molecular complexity index is 529. The van der Waals surface area contributed by atoms with Gasteiger partial charge in [-0.15, -0.1) is 0 Å². The molecular weight excluding hydrogens is 328 g/mol. The van der Waals surface area contributed by atoms with E-state index in [4.69, 9.17) is 14.2 Å². The third-order valence-corrected chi connectivity index (χ3v) is 4.97. The van der Waals surface area contributed by atoms with Crippen molar-refractivity contribution >= 4 is 5.97 Å². The summed E-state index contributed by atoms with van der Waals surface area (Å²) in [5, 5.41) is 0. The Morgan fingerprint density at radius 1 is 1.15 bits per heavy atom. The molecule has 26 heavy (non-hydrogen) atoms. The Morgan fingerprint density at radius 3 is 2.77 bits per heavy atom. The highest BCUT2D eigenvalue weighted by Gasteiger charge is 2.26. The van der Waals surface area contributed by atoms with Gasteiger partial charge in [-0.2, -0.15) is 0 Å². The molecule has 0 bridgehead atoms. The van der Waals surface area contributed by atoms with Gasteiger partial charge in [0.15, 0.2) is 0 Å². The van der Waals surface area contributed by atoms with Crippen LogP contribution in [0.1, 0.15) is 82.8 Å². The number of hydrogen-bond donors (Lipinski definition) is 0. The van der Waals surface area contributed by atoms with E-state index in [0.717, 1.165) is 43.6 Å². The van der Waals surface area contributed by atoms with Crippen LogP contribution in [0.5, 0.6) is 5.75 Å². The van der Waals surface area contributed by atoms with Crippen LogP contribution in [-0.2, 0) is 14.3 Å². The summed E-state index contributed by atoms with van der Waals surface area (Å²) in [4.78, 5) is 11.5. The summed E-state index contributed by atoms with van der Waals surface area (Å²) in [5.74, 6) is 0.710. The van der Waals surface area contributed by atoms with E-state index >= 15 is 0 Å². The highest BCUT2D eigenvalue weighted by molar-refractivity contribution is 5.69. The molecule has 0 aliphatic carbocycles. The van der Waals surface area contributed by atoms with E-state index in [0.29, 0.717) is 6.42 Å². The maximum atomic E-state index is 11.5. The lowest BCUT2D eigenvalue weighted by Gasteiger charge is -2.30. The maximum absolute atomic E-state index is 11.5. The molecule has 2 atom stereocenters. The number of ether oxygens (including phenoxy) is 3. The van der Waals surface area contributed by atoms with E-state index in [-0.39, 0.29) is 18.2 Å². The van der Waals surface area contributed by atoms with Crippen LogP contribution in [0.2, 0.25) is 0 Å². The molecule has 1 aromatic carbocycles. The fraction of sp³-hybridized carbons (Fsp3) is 0.682. The van der Waals surface area contributed by atoms with Crippen LogP contribution in [0.25, 0.3) is 0 Å². The summed E-state index contributed by atoms with van der Waals surface area (Å²) < 4.78 is 16.8. The summed E-state index contributed by atoms with van der Waals surface area (Å²) >= 11 is 0. The van der Waals surface area contributed by atoms with Crippen molar-refractivity contribution in [3.8, 4) is 5.75 Å². The van der Waals surface area contributed by atoms with Crippen molar-refractivity contribution in [2.24, 2.45) is 0 Å². The van der Waals surface area contributed by atoms with E-state index in [1.165, 1.54) is 39.2 Å². The molecule has 1 aliphatic heterocycles. The van der Waals surface area contributed by atoms with Crippen LogP contribution < -0.4 is 4.74 Å². The van der Waals surface area contributed by atoms with Gasteiger partial charge in [0.2, 0.25) is 0 Å². The number of hydrogen-bond acceptors (Lipinski definition) is 4. The van der Waals surface area contributed by atoms with Crippen LogP contribution in [-0.4, -0.2) is 25.8 Å². The van der Waals surface area contributed by atoms with Crippen LogP contribution in [0.3, 0.4) is 0 Å². The van der Waals surface area contributed by atoms with E-state index in [2.05, 4.69) is 19.1 Å². The molecule has 2 rings (SSSR count). The molecule has 0 saturated carbocycles. The molecule has 146 valence electrons. The second kappa shape index (κ2) is 11.9. The number of rotatable bonds is 11. The maximum Gasteiger partial charge on any atom is 0.308 e. The smallest absolute Gasteiger partial charge is 0.308 e. The second-order valence-corrected chi connectivity index (χ2v) is 7.15. The van der Waals surface area contributed by atoms with Gasteiger partial charge in [-0.3, -0.25) is 4.79 Å². The summed E-state index contributed by atoms with van der Waals surface area (Å²) in [6.45, 7) is 3.01. The highest BCUT2D eigenvalue weighted by Crippen LogP contribution is 2.33. The number of carbonyl (C=O) groups is 1. The largest absolute Gasteiger partial charge is 0.494 e. The van der Waals surface area contributed by atoms with Gasteiger partial charge in [-0.25, -0.2) is 0 Å². The molecular formula is C22H34O4. The third-order valence-electron chi connectivity index (χ3n) is 4.97. The Hall–Kier alpha value is -1.55. The molecule has 0 spiro atoms. The molecule has 0 radical (unpaired) electrons. The second-order valence-electron chi connectivity index (χ2n) is 7.15. The minimum absolute atomic E-state index is 0.0380. The number of methoxy groups -OCH3 is 1. The number of carbonyl (C=O) groups excluding carboxylic acids is 1. The first-order chi connectivity index (χ1) is 12.7. The molecule has 1 heterocycles. The fourth-order valence-electron chi connectivity index (χ4n) is 3.44. The molecule has 0 N–H and O–H groups in total. The standard InChI is InChI=1S/C22H34O4/c1-3-4-5-6-7-8-15-25-19-12-9-11-18(16-19)21-14-10-13-20(26-21)17-22(23)24-2/h9,11-12,16,20-21H,3-8,10,13-15,17H2,1-2H3/t20-,21+/m0/s1. The number of esters is 1. The monoisotopic (exact) mass is 362 g/mol. The van der Waals surface area contributed by atoms with E-state index in [1.54, 1.807) is 0 Å². The van der Waals surface area contributed by atoms with Gasteiger partial charge < -0.3 is 14.2 Å². The normalized spacial score (nSPS) is 19.9. The van der Waals surface area contributed by atoms with Gasteiger partial charge in [0.1, 0.15) is 5.75 Å². The topological polar surface area (TPSA) is 44.8 Å². The van der Waals surface area contributed by atoms with Crippen molar-refractivity contribution in [2.75, 3.05) is 13.7 Å². The highest BCUT2D eigenvalue weighted by atomic mass is 16.5. The summed E-state index contributed by atoms with van der Waals surface area (Å²) in [7, 11) is 1.42. The minimum Gasteiger partial charge on any atom is -0.494 e.